The van der Waals surface area contributed by atoms with Crippen molar-refractivity contribution in [3.05, 3.63) is 133 Å². The average molecular weight is 512 g/mol. The summed E-state index contributed by atoms with van der Waals surface area (Å²) in [5.41, 5.74) is 10.5. The van der Waals surface area contributed by atoms with Gasteiger partial charge in [-0.1, -0.05) is 78.9 Å². The number of para-hydroxylation sites is 2. The predicted molar refractivity (Wildman–Crippen MR) is 162 cm³/mol. The van der Waals surface area contributed by atoms with Crippen LogP contribution in [0.25, 0.3) is 77.3 Å². The Balaban J connectivity index is 1.38. The van der Waals surface area contributed by atoms with Crippen LogP contribution >= 0.6 is 0 Å². The van der Waals surface area contributed by atoms with Gasteiger partial charge in [-0.05, 0) is 81.9 Å². The maximum atomic E-state index is 9.64. The summed E-state index contributed by atoms with van der Waals surface area (Å²) in [7, 11) is 0. The van der Waals surface area contributed by atoms with Crippen molar-refractivity contribution >= 4 is 43.9 Å². The molecule has 0 aliphatic carbocycles. The van der Waals surface area contributed by atoms with Crippen LogP contribution in [0.1, 0.15) is 5.56 Å². The van der Waals surface area contributed by atoms with Crippen LogP contribution in [-0.2, 0) is 0 Å². The standard InChI is InChI=1S/C37H21NO2/c38-22-23-7-5-8-24(19-23)32-20-25(28-11-6-14-35-37(28)31-10-2-4-13-34(31)39-35)15-17-27(32)26-16-18-30-29-9-1-3-12-33(29)40-36(30)21-26/h1-21H. The first-order valence-corrected chi connectivity index (χ1v) is 13.2. The molecule has 6 aromatic carbocycles. The zero-order chi connectivity index (χ0) is 26.6. The van der Waals surface area contributed by atoms with Gasteiger partial charge in [-0.3, -0.25) is 0 Å². The summed E-state index contributed by atoms with van der Waals surface area (Å²) in [4.78, 5) is 0. The second-order valence-electron chi connectivity index (χ2n) is 10.0. The Morgan fingerprint density at radius 2 is 1.07 bits per heavy atom. The Labute approximate surface area is 230 Å². The Hall–Kier alpha value is -5.59. The van der Waals surface area contributed by atoms with E-state index in [0.29, 0.717) is 5.56 Å². The quantitative estimate of drug-likeness (QED) is 0.237. The lowest BCUT2D eigenvalue weighted by molar-refractivity contribution is 0.668. The number of nitriles is 1. The highest BCUT2D eigenvalue weighted by Gasteiger charge is 2.16. The molecule has 186 valence electrons. The molecule has 0 aliphatic rings. The van der Waals surface area contributed by atoms with Crippen molar-refractivity contribution in [3.63, 3.8) is 0 Å². The molecule has 2 heterocycles. The highest BCUT2D eigenvalue weighted by molar-refractivity contribution is 6.13. The molecule has 2 aromatic heterocycles. The fourth-order valence-corrected chi connectivity index (χ4v) is 5.87. The van der Waals surface area contributed by atoms with E-state index in [-0.39, 0.29) is 0 Å². The topological polar surface area (TPSA) is 50.1 Å². The first-order chi connectivity index (χ1) is 19.8. The molecule has 3 heteroatoms. The minimum absolute atomic E-state index is 0.629. The molecule has 0 unspecified atom stereocenters. The van der Waals surface area contributed by atoms with E-state index in [9.17, 15) is 5.26 Å². The maximum absolute atomic E-state index is 9.64. The monoisotopic (exact) mass is 511 g/mol. The Morgan fingerprint density at radius 1 is 0.425 bits per heavy atom. The van der Waals surface area contributed by atoms with Crippen molar-refractivity contribution in [1.82, 2.24) is 0 Å². The molecular weight excluding hydrogens is 490 g/mol. The second kappa shape index (κ2) is 8.73. The Morgan fingerprint density at radius 3 is 1.95 bits per heavy atom. The molecule has 0 spiro atoms. The minimum Gasteiger partial charge on any atom is -0.456 e. The van der Waals surface area contributed by atoms with Gasteiger partial charge in [-0.25, -0.2) is 0 Å². The summed E-state index contributed by atoms with van der Waals surface area (Å²) in [5, 5.41) is 14.1. The third kappa shape index (κ3) is 3.44. The lowest BCUT2D eigenvalue weighted by atomic mass is 9.89. The van der Waals surface area contributed by atoms with E-state index in [2.05, 4.69) is 66.7 Å². The van der Waals surface area contributed by atoms with Crippen LogP contribution in [0.2, 0.25) is 0 Å². The number of furan rings is 2. The molecule has 40 heavy (non-hydrogen) atoms. The zero-order valence-electron chi connectivity index (χ0n) is 21.4. The van der Waals surface area contributed by atoms with Crippen molar-refractivity contribution < 1.29 is 8.83 Å². The normalized spacial score (nSPS) is 11.5. The maximum Gasteiger partial charge on any atom is 0.136 e. The van der Waals surface area contributed by atoms with Crippen LogP contribution in [0.4, 0.5) is 0 Å². The zero-order valence-corrected chi connectivity index (χ0v) is 21.4. The summed E-state index contributed by atoms with van der Waals surface area (Å²) < 4.78 is 12.4. The Bertz CT molecular complexity index is 2290. The van der Waals surface area contributed by atoms with E-state index >= 15 is 0 Å². The number of fused-ring (bicyclic) bond motifs is 6. The fraction of sp³-hybridized carbons (Fsp3) is 0. The van der Waals surface area contributed by atoms with Gasteiger partial charge < -0.3 is 8.83 Å². The molecule has 0 amide bonds. The molecule has 0 atom stereocenters. The molecule has 0 aliphatic heterocycles. The third-order valence-corrected chi connectivity index (χ3v) is 7.73. The molecule has 0 saturated carbocycles. The molecule has 8 rings (SSSR count). The highest BCUT2D eigenvalue weighted by Crippen LogP contribution is 2.41. The lowest BCUT2D eigenvalue weighted by Gasteiger charge is -2.14. The highest BCUT2D eigenvalue weighted by atomic mass is 16.3. The van der Waals surface area contributed by atoms with Gasteiger partial charge in [0, 0.05) is 21.5 Å². The van der Waals surface area contributed by atoms with Crippen molar-refractivity contribution in [1.29, 1.82) is 5.26 Å². The fourth-order valence-electron chi connectivity index (χ4n) is 5.87. The van der Waals surface area contributed by atoms with Crippen LogP contribution in [0.15, 0.2) is 136 Å². The lowest BCUT2D eigenvalue weighted by Crippen LogP contribution is -1.89. The summed E-state index contributed by atoms with van der Waals surface area (Å²) in [6.07, 6.45) is 0. The van der Waals surface area contributed by atoms with E-state index < -0.39 is 0 Å². The first kappa shape index (κ1) is 22.4. The molecule has 0 fully saturated rings. The van der Waals surface area contributed by atoms with Gasteiger partial charge in [0.25, 0.3) is 0 Å². The molecule has 0 radical (unpaired) electrons. The molecule has 3 nitrogen and oxygen atoms in total. The smallest absolute Gasteiger partial charge is 0.136 e. The summed E-state index contributed by atoms with van der Waals surface area (Å²) >= 11 is 0. The predicted octanol–water partition coefficient (Wildman–Crippen LogP) is 10.4. The van der Waals surface area contributed by atoms with Crippen molar-refractivity contribution in [2.45, 2.75) is 0 Å². The van der Waals surface area contributed by atoms with Gasteiger partial charge >= 0.3 is 0 Å². The molecular formula is C37H21NO2. The molecule has 0 N–H and O–H groups in total. The van der Waals surface area contributed by atoms with E-state index in [1.165, 1.54) is 0 Å². The average Bonchev–Trinajstić information content (AvgIpc) is 3.58. The first-order valence-electron chi connectivity index (χ1n) is 13.2. The van der Waals surface area contributed by atoms with Crippen molar-refractivity contribution in [2.24, 2.45) is 0 Å². The van der Waals surface area contributed by atoms with Crippen molar-refractivity contribution in [2.75, 3.05) is 0 Å². The van der Waals surface area contributed by atoms with Gasteiger partial charge in [0.15, 0.2) is 0 Å². The minimum atomic E-state index is 0.629. The third-order valence-electron chi connectivity index (χ3n) is 7.73. The van der Waals surface area contributed by atoms with Gasteiger partial charge in [-0.2, -0.15) is 5.26 Å². The van der Waals surface area contributed by atoms with Gasteiger partial charge in [0.05, 0.1) is 11.6 Å². The summed E-state index contributed by atoms with van der Waals surface area (Å²) in [6.45, 7) is 0. The van der Waals surface area contributed by atoms with Crippen molar-refractivity contribution in [3.8, 4) is 39.4 Å². The molecule has 8 aromatic rings. The number of hydrogen-bond donors (Lipinski definition) is 0. The molecule has 0 saturated heterocycles. The van der Waals surface area contributed by atoms with Gasteiger partial charge in [-0.15, -0.1) is 0 Å². The van der Waals surface area contributed by atoms with E-state index in [1.807, 2.05) is 66.7 Å². The number of nitrogens with zero attached hydrogens (tertiary/aromatic N) is 1. The second-order valence-corrected chi connectivity index (χ2v) is 10.0. The number of hydrogen-bond acceptors (Lipinski definition) is 3. The summed E-state index contributed by atoms with van der Waals surface area (Å²) in [5.74, 6) is 0. The summed E-state index contributed by atoms with van der Waals surface area (Å²) in [6, 6.07) is 45.6. The van der Waals surface area contributed by atoms with Crippen LogP contribution in [0, 0.1) is 11.3 Å². The van der Waals surface area contributed by atoms with Gasteiger partial charge in [0.1, 0.15) is 22.3 Å². The van der Waals surface area contributed by atoms with Crippen LogP contribution in [-0.4, -0.2) is 0 Å². The largest absolute Gasteiger partial charge is 0.456 e. The number of rotatable bonds is 3. The van der Waals surface area contributed by atoms with E-state index in [0.717, 1.165) is 77.3 Å². The van der Waals surface area contributed by atoms with E-state index in [4.69, 9.17) is 8.83 Å². The van der Waals surface area contributed by atoms with E-state index in [1.54, 1.807) is 0 Å². The number of benzene rings is 6. The Kier molecular flexibility index (Phi) is 4.89. The van der Waals surface area contributed by atoms with Gasteiger partial charge in [0.2, 0.25) is 0 Å². The van der Waals surface area contributed by atoms with Crippen LogP contribution < -0.4 is 0 Å². The SMILES string of the molecule is N#Cc1cccc(-c2cc(-c3cccc4oc5ccccc5c34)ccc2-c2ccc3c(c2)oc2ccccc23)c1. The van der Waals surface area contributed by atoms with Crippen LogP contribution in [0.5, 0.6) is 0 Å². The van der Waals surface area contributed by atoms with Crippen LogP contribution in [0.3, 0.4) is 0 Å². The molecule has 0 bridgehead atoms.